The summed E-state index contributed by atoms with van der Waals surface area (Å²) in [5, 5.41) is 3.59. The minimum Gasteiger partial charge on any atom is -0.338 e. The molecule has 7 heteroatoms. The predicted octanol–water partition coefficient (Wildman–Crippen LogP) is 0.660. The van der Waals surface area contributed by atoms with Gasteiger partial charge in [-0.15, -0.1) is 0 Å². The summed E-state index contributed by atoms with van der Waals surface area (Å²) in [5.74, 6) is 0.191. The second-order valence-electron chi connectivity index (χ2n) is 4.96. The van der Waals surface area contributed by atoms with Crippen molar-refractivity contribution in [3.8, 4) is 0 Å². The van der Waals surface area contributed by atoms with Crippen LogP contribution in [0.1, 0.15) is 38.5 Å². The molecule has 2 N–H and O–H groups in total. The molecule has 92 valence electrons. The van der Waals surface area contributed by atoms with E-state index in [-0.39, 0.29) is 22.9 Å². The van der Waals surface area contributed by atoms with Crippen LogP contribution >= 0.6 is 0 Å². The van der Waals surface area contributed by atoms with E-state index in [1.54, 1.807) is 0 Å². The number of nitrogens with zero attached hydrogens (tertiary/aromatic N) is 2. The van der Waals surface area contributed by atoms with Crippen LogP contribution in [-0.4, -0.2) is 24.8 Å². The van der Waals surface area contributed by atoms with Gasteiger partial charge in [-0.1, -0.05) is 25.9 Å². The summed E-state index contributed by atoms with van der Waals surface area (Å²) in [7, 11) is -3.15. The largest absolute Gasteiger partial charge is 0.338 e. The highest BCUT2D eigenvalue weighted by atomic mass is 32.2. The first-order chi connectivity index (χ1) is 7.09. The van der Waals surface area contributed by atoms with Crippen LogP contribution in [0, 0.1) is 5.41 Å². The first-order valence-corrected chi connectivity index (χ1v) is 6.91. The summed E-state index contributed by atoms with van der Waals surface area (Å²) in [6, 6.07) is -0.409. The molecule has 0 aliphatic rings. The van der Waals surface area contributed by atoms with Crippen molar-refractivity contribution in [3.63, 3.8) is 0 Å². The lowest BCUT2D eigenvalue weighted by Crippen LogP contribution is -2.26. The van der Waals surface area contributed by atoms with E-state index in [4.69, 9.17) is 10.3 Å². The van der Waals surface area contributed by atoms with E-state index in [1.807, 2.05) is 20.8 Å². The molecule has 1 rings (SSSR count). The van der Waals surface area contributed by atoms with Gasteiger partial charge in [-0.2, -0.15) is 4.98 Å². The van der Waals surface area contributed by atoms with Crippen molar-refractivity contribution < 1.29 is 12.9 Å². The third kappa shape index (κ3) is 3.57. The highest BCUT2D eigenvalue weighted by molar-refractivity contribution is 7.89. The minimum absolute atomic E-state index is 0.150. The Kier molecular flexibility index (Phi) is 3.39. The lowest BCUT2D eigenvalue weighted by Gasteiger charge is -2.23. The van der Waals surface area contributed by atoms with Gasteiger partial charge in [0.1, 0.15) is 5.75 Å². The molecule has 1 aromatic rings. The van der Waals surface area contributed by atoms with Gasteiger partial charge in [-0.25, -0.2) is 8.42 Å². The molecule has 0 saturated heterocycles. The van der Waals surface area contributed by atoms with Crippen molar-refractivity contribution in [1.29, 1.82) is 0 Å². The lowest BCUT2D eigenvalue weighted by atomic mass is 9.87. The third-order valence-electron chi connectivity index (χ3n) is 2.07. The predicted molar refractivity (Wildman–Crippen MR) is 59.2 cm³/mol. The van der Waals surface area contributed by atoms with Crippen LogP contribution in [0.15, 0.2) is 4.52 Å². The Labute approximate surface area is 95.1 Å². The van der Waals surface area contributed by atoms with E-state index in [9.17, 15) is 8.42 Å². The molecule has 0 radical (unpaired) electrons. The average Bonchev–Trinajstić information content (AvgIpc) is 2.46. The van der Waals surface area contributed by atoms with Gasteiger partial charge in [0.15, 0.2) is 15.7 Å². The van der Waals surface area contributed by atoms with Gasteiger partial charge in [0.25, 0.3) is 0 Å². The fraction of sp³-hybridized carbons (Fsp3) is 0.778. The molecule has 1 atom stereocenters. The molecule has 0 fully saturated rings. The van der Waals surface area contributed by atoms with Gasteiger partial charge < -0.3 is 10.3 Å². The number of aromatic nitrogens is 2. The van der Waals surface area contributed by atoms with Crippen LogP contribution < -0.4 is 5.73 Å². The normalized spacial score (nSPS) is 15.1. The Hall–Kier alpha value is -0.950. The molecule has 1 heterocycles. The topological polar surface area (TPSA) is 99.1 Å². The van der Waals surface area contributed by atoms with Gasteiger partial charge in [-0.3, -0.25) is 0 Å². The number of sulfone groups is 1. The zero-order chi connectivity index (χ0) is 12.6. The summed E-state index contributed by atoms with van der Waals surface area (Å²) in [4.78, 5) is 3.98. The van der Waals surface area contributed by atoms with Crippen LogP contribution in [-0.2, 0) is 15.6 Å². The van der Waals surface area contributed by atoms with Gasteiger partial charge in [0.05, 0.1) is 6.04 Å². The highest BCUT2D eigenvalue weighted by Gasteiger charge is 2.27. The Morgan fingerprint density at radius 1 is 1.44 bits per heavy atom. The average molecular weight is 247 g/mol. The van der Waals surface area contributed by atoms with Crippen LogP contribution in [0.4, 0.5) is 0 Å². The summed E-state index contributed by atoms with van der Waals surface area (Å²) in [5.41, 5.74) is 5.69. The number of nitrogens with two attached hydrogens (primary N) is 1. The van der Waals surface area contributed by atoms with Gasteiger partial charge in [0, 0.05) is 6.26 Å². The second-order valence-corrected chi connectivity index (χ2v) is 7.10. The maximum absolute atomic E-state index is 11.0. The first kappa shape index (κ1) is 13.1. The summed E-state index contributed by atoms with van der Waals surface area (Å²) >= 11 is 0. The maximum Gasteiger partial charge on any atom is 0.244 e. The molecule has 0 aliphatic heterocycles. The fourth-order valence-corrected chi connectivity index (χ4v) is 1.64. The molecular formula is C9H17N3O3S. The van der Waals surface area contributed by atoms with E-state index >= 15 is 0 Å². The van der Waals surface area contributed by atoms with Gasteiger partial charge >= 0.3 is 0 Å². The number of rotatable bonds is 3. The summed E-state index contributed by atoms with van der Waals surface area (Å²) in [6.45, 7) is 5.83. The van der Waals surface area contributed by atoms with Gasteiger partial charge in [0.2, 0.25) is 5.89 Å². The zero-order valence-electron chi connectivity index (χ0n) is 9.89. The molecule has 0 unspecified atom stereocenters. The van der Waals surface area contributed by atoms with E-state index in [0.717, 1.165) is 6.26 Å². The van der Waals surface area contributed by atoms with E-state index < -0.39 is 15.9 Å². The smallest absolute Gasteiger partial charge is 0.244 e. The Balaban J connectivity index is 2.88. The van der Waals surface area contributed by atoms with Crippen LogP contribution in [0.2, 0.25) is 0 Å². The van der Waals surface area contributed by atoms with Crippen LogP contribution in [0.3, 0.4) is 0 Å². The molecule has 16 heavy (non-hydrogen) atoms. The first-order valence-electron chi connectivity index (χ1n) is 4.85. The molecule has 6 nitrogen and oxygen atoms in total. The van der Waals surface area contributed by atoms with E-state index in [0.29, 0.717) is 0 Å². The van der Waals surface area contributed by atoms with E-state index in [2.05, 4.69) is 10.1 Å². The minimum atomic E-state index is -3.15. The fourth-order valence-electron chi connectivity index (χ4n) is 1.06. The summed E-state index contributed by atoms with van der Waals surface area (Å²) in [6.07, 6.45) is 1.12. The molecule has 0 aromatic carbocycles. The van der Waals surface area contributed by atoms with Crippen molar-refractivity contribution in [2.24, 2.45) is 11.1 Å². The molecule has 1 aromatic heterocycles. The molecule has 0 saturated carbocycles. The Morgan fingerprint density at radius 2 is 2.00 bits per heavy atom. The standard InChI is InChI=1S/C9H17N3O3S/c1-9(2,3)7(10)8-11-6(12-15-8)5-16(4,13)14/h7H,5,10H2,1-4H3/t7-/m0/s1. The van der Waals surface area contributed by atoms with Crippen molar-refractivity contribution in [1.82, 2.24) is 10.1 Å². The summed E-state index contributed by atoms with van der Waals surface area (Å²) < 4.78 is 27.0. The third-order valence-corrected chi connectivity index (χ3v) is 2.86. The number of hydrogen-bond donors (Lipinski definition) is 1. The molecule has 0 bridgehead atoms. The Bertz CT molecular complexity index is 459. The van der Waals surface area contributed by atoms with E-state index in [1.165, 1.54) is 0 Å². The Morgan fingerprint density at radius 3 is 2.44 bits per heavy atom. The number of hydrogen-bond acceptors (Lipinski definition) is 6. The maximum atomic E-state index is 11.0. The molecule has 0 amide bonds. The zero-order valence-corrected chi connectivity index (χ0v) is 10.7. The lowest BCUT2D eigenvalue weighted by molar-refractivity contribution is 0.252. The quantitative estimate of drug-likeness (QED) is 0.842. The SMILES string of the molecule is CC(C)(C)[C@@H](N)c1nc(CS(C)(=O)=O)no1. The molecule has 0 aliphatic carbocycles. The van der Waals surface area contributed by atoms with Gasteiger partial charge in [-0.05, 0) is 5.41 Å². The van der Waals surface area contributed by atoms with Crippen molar-refractivity contribution in [2.75, 3.05) is 6.26 Å². The van der Waals surface area contributed by atoms with Crippen molar-refractivity contribution in [3.05, 3.63) is 11.7 Å². The van der Waals surface area contributed by atoms with Crippen molar-refractivity contribution >= 4 is 9.84 Å². The molecular weight excluding hydrogens is 230 g/mol. The monoisotopic (exact) mass is 247 g/mol. The van der Waals surface area contributed by atoms with Crippen molar-refractivity contribution in [2.45, 2.75) is 32.6 Å². The van der Waals surface area contributed by atoms with Crippen LogP contribution in [0.5, 0.6) is 0 Å². The second kappa shape index (κ2) is 4.14. The van der Waals surface area contributed by atoms with Crippen LogP contribution in [0.25, 0.3) is 0 Å². The molecule has 0 spiro atoms. The highest BCUT2D eigenvalue weighted by Crippen LogP contribution is 2.29.